The standard InChI is InChI=1S/C21H23N3O4/c1-14(16-7-5-4-6-8-16)13-22-20(25)21-24-23-19(28-21)12-15-9-10-17(26-2)18(11-15)27-3/h4-11,14H,12-13H2,1-3H3,(H,22,25)/t14-/m1/s1. The SMILES string of the molecule is COc1ccc(Cc2nnc(C(=O)NC[C@@H](C)c3ccccc3)o2)cc1OC. The first-order valence-corrected chi connectivity index (χ1v) is 8.97. The minimum absolute atomic E-state index is 0.0456. The van der Waals surface area contributed by atoms with Crippen LogP contribution in [0.5, 0.6) is 11.5 Å². The summed E-state index contributed by atoms with van der Waals surface area (Å²) in [6, 6.07) is 15.5. The molecule has 28 heavy (non-hydrogen) atoms. The van der Waals surface area contributed by atoms with Crippen molar-refractivity contribution in [2.24, 2.45) is 0 Å². The number of ether oxygens (including phenoxy) is 2. The van der Waals surface area contributed by atoms with Crippen molar-refractivity contribution < 1.29 is 18.7 Å². The lowest BCUT2D eigenvalue weighted by molar-refractivity contribution is 0.0915. The summed E-state index contributed by atoms with van der Waals surface area (Å²) >= 11 is 0. The van der Waals surface area contributed by atoms with Crippen molar-refractivity contribution in [2.75, 3.05) is 20.8 Å². The number of amides is 1. The summed E-state index contributed by atoms with van der Waals surface area (Å²) < 4.78 is 16.0. The summed E-state index contributed by atoms with van der Waals surface area (Å²) in [5.41, 5.74) is 2.06. The van der Waals surface area contributed by atoms with Gasteiger partial charge in [0.05, 0.1) is 20.6 Å². The maximum atomic E-state index is 12.3. The molecule has 0 unspecified atom stereocenters. The first-order valence-electron chi connectivity index (χ1n) is 8.97. The number of nitrogens with one attached hydrogen (secondary N) is 1. The van der Waals surface area contributed by atoms with Gasteiger partial charge in [-0.05, 0) is 29.2 Å². The van der Waals surface area contributed by atoms with Gasteiger partial charge >= 0.3 is 11.8 Å². The van der Waals surface area contributed by atoms with Crippen molar-refractivity contribution in [3.63, 3.8) is 0 Å². The Balaban J connectivity index is 1.59. The molecule has 0 aliphatic carbocycles. The first-order chi connectivity index (χ1) is 13.6. The highest BCUT2D eigenvalue weighted by Crippen LogP contribution is 2.28. The third-order valence-corrected chi connectivity index (χ3v) is 4.40. The average molecular weight is 381 g/mol. The molecule has 3 aromatic rings. The number of hydrogen-bond donors (Lipinski definition) is 1. The van der Waals surface area contributed by atoms with Crippen molar-refractivity contribution >= 4 is 5.91 Å². The largest absolute Gasteiger partial charge is 0.493 e. The summed E-state index contributed by atoms with van der Waals surface area (Å²) in [6.07, 6.45) is 0.390. The second-order valence-electron chi connectivity index (χ2n) is 6.39. The van der Waals surface area contributed by atoms with Gasteiger partial charge < -0.3 is 19.2 Å². The van der Waals surface area contributed by atoms with Crippen LogP contribution in [0.1, 0.15) is 40.5 Å². The third kappa shape index (κ3) is 4.68. The van der Waals surface area contributed by atoms with Gasteiger partial charge in [0.15, 0.2) is 11.5 Å². The van der Waals surface area contributed by atoms with Crippen LogP contribution in [-0.4, -0.2) is 36.9 Å². The van der Waals surface area contributed by atoms with E-state index in [1.807, 2.05) is 55.5 Å². The van der Waals surface area contributed by atoms with Crippen LogP contribution in [0, 0.1) is 0 Å². The lowest BCUT2D eigenvalue weighted by Gasteiger charge is -2.11. The molecular formula is C21H23N3O4. The molecule has 3 rings (SSSR count). The Bertz CT molecular complexity index is 924. The van der Waals surface area contributed by atoms with E-state index in [1.165, 1.54) is 0 Å². The van der Waals surface area contributed by atoms with Crippen LogP contribution >= 0.6 is 0 Å². The summed E-state index contributed by atoms with van der Waals surface area (Å²) in [6.45, 7) is 2.53. The van der Waals surface area contributed by atoms with Gasteiger partial charge in [-0.2, -0.15) is 0 Å². The fourth-order valence-electron chi connectivity index (χ4n) is 2.80. The van der Waals surface area contributed by atoms with E-state index in [4.69, 9.17) is 13.9 Å². The van der Waals surface area contributed by atoms with E-state index in [2.05, 4.69) is 15.5 Å². The van der Waals surface area contributed by atoms with Crippen molar-refractivity contribution in [3.05, 3.63) is 71.4 Å². The van der Waals surface area contributed by atoms with E-state index >= 15 is 0 Å². The first kappa shape index (κ1) is 19.4. The van der Waals surface area contributed by atoms with Gasteiger partial charge in [-0.1, -0.05) is 43.3 Å². The number of methoxy groups -OCH3 is 2. The minimum Gasteiger partial charge on any atom is -0.493 e. The highest BCUT2D eigenvalue weighted by atomic mass is 16.5. The monoisotopic (exact) mass is 381 g/mol. The summed E-state index contributed by atoms with van der Waals surface area (Å²) in [7, 11) is 3.16. The summed E-state index contributed by atoms with van der Waals surface area (Å²) in [4.78, 5) is 12.3. The molecule has 0 saturated heterocycles. The van der Waals surface area contributed by atoms with E-state index < -0.39 is 0 Å². The molecular weight excluding hydrogens is 358 g/mol. The second kappa shape index (κ2) is 9.03. The van der Waals surface area contributed by atoms with Gasteiger partial charge in [0, 0.05) is 6.54 Å². The van der Waals surface area contributed by atoms with Crippen LogP contribution in [0.2, 0.25) is 0 Å². The van der Waals surface area contributed by atoms with Gasteiger partial charge in [0.2, 0.25) is 5.89 Å². The van der Waals surface area contributed by atoms with E-state index in [1.54, 1.807) is 14.2 Å². The lowest BCUT2D eigenvalue weighted by Crippen LogP contribution is -2.27. The molecule has 0 radical (unpaired) electrons. The predicted molar refractivity (Wildman–Crippen MR) is 104 cm³/mol. The molecule has 1 aromatic heterocycles. The van der Waals surface area contributed by atoms with E-state index in [9.17, 15) is 4.79 Å². The second-order valence-corrected chi connectivity index (χ2v) is 6.39. The van der Waals surface area contributed by atoms with Crippen molar-refractivity contribution in [3.8, 4) is 11.5 Å². The van der Waals surface area contributed by atoms with Crippen molar-refractivity contribution in [2.45, 2.75) is 19.3 Å². The zero-order valence-electron chi connectivity index (χ0n) is 16.1. The molecule has 0 bridgehead atoms. The normalized spacial score (nSPS) is 11.7. The van der Waals surface area contributed by atoms with Gasteiger partial charge in [0.1, 0.15) is 0 Å². The number of hydrogen-bond acceptors (Lipinski definition) is 6. The molecule has 0 aliphatic heterocycles. The maximum Gasteiger partial charge on any atom is 0.308 e. The number of carbonyl (C=O) groups excluding carboxylic acids is 1. The topological polar surface area (TPSA) is 86.5 Å². The van der Waals surface area contributed by atoms with Gasteiger partial charge in [0.25, 0.3) is 0 Å². The molecule has 1 amide bonds. The highest BCUT2D eigenvalue weighted by Gasteiger charge is 2.17. The Kier molecular flexibility index (Phi) is 6.26. The number of carbonyl (C=O) groups is 1. The van der Waals surface area contributed by atoms with Gasteiger partial charge in [-0.25, -0.2) is 0 Å². The molecule has 0 fully saturated rings. The summed E-state index contributed by atoms with van der Waals surface area (Å²) in [5.74, 6) is 1.37. The zero-order valence-corrected chi connectivity index (χ0v) is 16.1. The molecule has 146 valence electrons. The van der Waals surface area contributed by atoms with Crippen LogP contribution in [0.3, 0.4) is 0 Å². The van der Waals surface area contributed by atoms with Gasteiger partial charge in [-0.15, -0.1) is 10.2 Å². The maximum absolute atomic E-state index is 12.3. The Morgan fingerprint density at radius 3 is 2.54 bits per heavy atom. The molecule has 0 saturated carbocycles. The Morgan fingerprint density at radius 1 is 1.07 bits per heavy atom. The van der Waals surface area contributed by atoms with Crippen molar-refractivity contribution in [1.82, 2.24) is 15.5 Å². The number of nitrogens with zero attached hydrogens (tertiary/aromatic N) is 2. The summed E-state index contributed by atoms with van der Waals surface area (Å²) in [5, 5.41) is 10.7. The van der Waals surface area contributed by atoms with Crippen LogP contribution in [0.25, 0.3) is 0 Å². The van der Waals surface area contributed by atoms with E-state index in [0.717, 1.165) is 11.1 Å². The molecule has 1 N–H and O–H groups in total. The molecule has 7 heteroatoms. The number of benzene rings is 2. The van der Waals surface area contributed by atoms with Crippen LogP contribution in [0.15, 0.2) is 52.9 Å². The van der Waals surface area contributed by atoms with Gasteiger partial charge in [-0.3, -0.25) is 4.79 Å². The van der Waals surface area contributed by atoms with E-state index in [0.29, 0.717) is 30.4 Å². The molecule has 1 atom stereocenters. The highest BCUT2D eigenvalue weighted by molar-refractivity contribution is 5.89. The molecule has 0 aliphatic rings. The minimum atomic E-state index is -0.381. The quantitative estimate of drug-likeness (QED) is 0.645. The number of rotatable bonds is 8. The fraction of sp³-hybridized carbons (Fsp3) is 0.286. The van der Waals surface area contributed by atoms with Crippen LogP contribution in [-0.2, 0) is 6.42 Å². The van der Waals surface area contributed by atoms with Crippen LogP contribution in [0.4, 0.5) is 0 Å². The van der Waals surface area contributed by atoms with E-state index in [-0.39, 0.29) is 17.7 Å². The lowest BCUT2D eigenvalue weighted by atomic mass is 10.0. The molecule has 7 nitrogen and oxygen atoms in total. The smallest absolute Gasteiger partial charge is 0.308 e. The Hall–Kier alpha value is -3.35. The fourth-order valence-corrected chi connectivity index (χ4v) is 2.80. The van der Waals surface area contributed by atoms with Crippen molar-refractivity contribution in [1.29, 1.82) is 0 Å². The molecule has 1 heterocycles. The Morgan fingerprint density at radius 2 is 1.82 bits per heavy atom. The predicted octanol–water partition coefficient (Wildman–Crippen LogP) is 3.21. The number of aromatic nitrogens is 2. The molecule has 2 aromatic carbocycles. The third-order valence-electron chi connectivity index (χ3n) is 4.40. The average Bonchev–Trinajstić information content (AvgIpc) is 3.20. The zero-order chi connectivity index (χ0) is 19.9. The van der Waals surface area contributed by atoms with Crippen LogP contribution < -0.4 is 14.8 Å². The Labute approximate surface area is 163 Å². The molecule has 0 spiro atoms.